The molecule has 0 aliphatic carbocycles. The van der Waals surface area contributed by atoms with Crippen molar-refractivity contribution in [3.63, 3.8) is 0 Å². The van der Waals surface area contributed by atoms with Gasteiger partial charge in [0.05, 0.1) is 0 Å². The minimum Gasteiger partial charge on any atom is -0.444 e. The molecule has 1 aliphatic rings. The Morgan fingerprint density at radius 2 is 2.27 bits per heavy atom. The number of nitrogens with one attached hydrogen (secondary N) is 2. The van der Waals surface area contributed by atoms with Gasteiger partial charge in [0.1, 0.15) is 5.60 Å². The second kappa shape index (κ2) is 5.35. The third-order valence-electron chi connectivity index (χ3n) is 2.33. The molecule has 1 saturated heterocycles. The number of alkyl carbamates (subject to hydrolysis) is 1. The maximum absolute atomic E-state index is 11.3. The van der Waals surface area contributed by atoms with Gasteiger partial charge in [0.25, 0.3) is 0 Å². The fourth-order valence-corrected chi connectivity index (χ4v) is 1.64. The minimum atomic E-state index is -0.408. The van der Waals surface area contributed by atoms with E-state index >= 15 is 0 Å². The molecule has 1 rings (SSSR count). The fraction of sp³-hybridized carbons (Fsp3) is 0.909. The number of carbonyl (C=O) groups is 1. The van der Waals surface area contributed by atoms with Gasteiger partial charge in [-0.25, -0.2) is 4.79 Å². The van der Waals surface area contributed by atoms with Crippen molar-refractivity contribution in [1.82, 2.24) is 10.6 Å². The molecule has 2 N–H and O–H groups in total. The van der Waals surface area contributed by atoms with Crippen molar-refractivity contribution in [3.05, 3.63) is 0 Å². The molecule has 1 heterocycles. The highest BCUT2D eigenvalue weighted by atomic mass is 16.6. The summed E-state index contributed by atoms with van der Waals surface area (Å²) in [6.45, 7) is 8.42. The molecular weight excluding hydrogens is 192 g/mol. The van der Waals surface area contributed by atoms with E-state index in [4.69, 9.17) is 4.74 Å². The molecular formula is C11H22N2O2. The van der Waals surface area contributed by atoms with Crippen molar-refractivity contribution < 1.29 is 9.53 Å². The normalized spacial score (nSPS) is 22.2. The molecule has 1 atom stereocenters. The second-order valence-electron chi connectivity index (χ2n) is 5.10. The Morgan fingerprint density at radius 1 is 1.53 bits per heavy atom. The summed E-state index contributed by atoms with van der Waals surface area (Å²) >= 11 is 0. The van der Waals surface area contributed by atoms with Crippen LogP contribution in [0, 0.1) is 5.92 Å². The molecule has 0 saturated carbocycles. The van der Waals surface area contributed by atoms with E-state index in [1.807, 2.05) is 20.8 Å². The van der Waals surface area contributed by atoms with E-state index < -0.39 is 5.60 Å². The van der Waals surface area contributed by atoms with E-state index in [1.54, 1.807) is 0 Å². The fourth-order valence-electron chi connectivity index (χ4n) is 1.64. The Balaban J connectivity index is 2.15. The number of amides is 1. The van der Waals surface area contributed by atoms with E-state index in [1.165, 1.54) is 12.8 Å². The Morgan fingerprint density at radius 3 is 2.80 bits per heavy atom. The Bertz CT molecular complexity index is 205. The van der Waals surface area contributed by atoms with E-state index in [9.17, 15) is 4.79 Å². The van der Waals surface area contributed by atoms with Gasteiger partial charge < -0.3 is 15.4 Å². The summed E-state index contributed by atoms with van der Waals surface area (Å²) in [7, 11) is 0. The van der Waals surface area contributed by atoms with Gasteiger partial charge in [-0.3, -0.25) is 0 Å². The highest BCUT2D eigenvalue weighted by molar-refractivity contribution is 5.67. The van der Waals surface area contributed by atoms with Crippen molar-refractivity contribution in [1.29, 1.82) is 0 Å². The first-order chi connectivity index (χ1) is 6.97. The highest BCUT2D eigenvalue weighted by Crippen LogP contribution is 2.09. The lowest BCUT2D eigenvalue weighted by Crippen LogP contribution is -2.40. The number of hydrogen-bond donors (Lipinski definition) is 2. The van der Waals surface area contributed by atoms with Crippen molar-refractivity contribution in [3.8, 4) is 0 Å². The molecule has 1 amide bonds. The van der Waals surface area contributed by atoms with Crippen LogP contribution in [0.4, 0.5) is 4.79 Å². The van der Waals surface area contributed by atoms with Gasteiger partial charge in [-0.1, -0.05) is 0 Å². The van der Waals surface area contributed by atoms with E-state index in [0.717, 1.165) is 13.1 Å². The van der Waals surface area contributed by atoms with Crippen LogP contribution in [0.15, 0.2) is 0 Å². The van der Waals surface area contributed by atoms with Crippen LogP contribution in [-0.4, -0.2) is 31.3 Å². The maximum Gasteiger partial charge on any atom is 0.407 e. The molecule has 0 aromatic carbocycles. The first-order valence-electron chi connectivity index (χ1n) is 5.65. The molecule has 4 nitrogen and oxygen atoms in total. The average molecular weight is 214 g/mol. The molecule has 0 aromatic heterocycles. The van der Waals surface area contributed by atoms with Crippen LogP contribution < -0.4 is 10.6 Å². The monoisotopic (exact) mass is 214 g/mol. The lowest BCUT2D eigenvalue weighted by atomic mass is 10.00. The summed E-state index contributed by atoms with van der Waals surface area (Å²) in [6, 6.07) is 0. The lowest BCUT2D eigenvalue weighted by Gasteiger charge is -2.24. The summed E-state index contributed by atoms with van der Waals surface area (Å²) in [6.07, 6.45) is 2.07. The van der Waals surface area contributed by atoms with Gasteiger partial charge in [-0.05, 0) is 52.6 Å². The summed E-state index contributed by atoms with van der Waals surface area (Å²) in [5.74, 6) is 0.547. The van der Waals surface area contributed by atoms with E-state index in [2.05, 4.69) is 10.6 Å². The quantitative estimate of drug-likeness (QED) is 0.732. The van der Waals surface area contributed by atoms with Crippen LogP contribution in [0.3, 0.4) is 0 Å². The van der Waals surface area contributed by atoms with Crippen LogP contribution in [-0.2, 0) is 4.74 Å². The molecule has 0 radical (unpaired) electrons. The van der Waals surface area contributed by atoms with Crippen molar-refractivity contribution >= 4 is 6.09 Å². The zero-order valence-corrected chi connectivity index (χ0v) is 9.93. The summed E-state index contributed by atoms with van der Waals surface area (Å²) in [5, 5.41) is 6.12. The number of piperidine rings is 1. The minimum absolute atomic E-state index is 0.312. The molecule has 4 heteroatoms. The number of carbonyl (C=O) groups excluding carboxylic acids is 1. The zero-order chi connectivity index (χ0) is 11.3. The average Bonchev–Trinajstić information content (AvgIpc) is 2.14. The van der Waals surface area contributed by atoms with Gasteiger partial charge in [-0.2, -0.15) is 0 Å². The molecule has 1 fully saturated rings. The Hall–Kier alpha value is -0.770. The molecule has 1 aliphatic heterocycles. The van der Waals surface area contributed by atoms with E-state index in [0.29, 0.717) is 12.5 Å². The van der Waals surface area contributed by atoms with Gasteiger partial charge in [0, 0.05) is 6.54 Å². The molecule has 88 valence electrons. The van der Waals surface area contributed by atoms with Crippen LogP contribution in [0.5, 0.6) is 0 Å². The Kier molecular flexibility index (Phi) is 4.39. The van der Waals surface area contributed by atoms with Crippen LogP contribution in [0.2, 0.25) is 0 Å². The largest absolute Gasteiger partial charge is 0.444 e. The summed E-state index contributed by atoms with van der Waals surface area (Å²) < 4.78 is 5.16. The maximum atomic E-state index is 11.3. The van der Waals surface area contributed by atoms with Gasteiger partial charge in [0.2, 0.25) is 0 Å². The first kappa shape index (κ1) is 12.3. The SMILES string of the molecule is CC(C)(C)OC(=O)NC[C@H]1CCCNC1. The van der Waals surface area contributed by atoms with Crippen LogP contribution >= 0.6 is 0 Å². The number of hydrogen-bond acceptors (Lipinski definition) is 3. The predicted molar refractivity (Wildman–Crippen MR) is 59.8 cm³/mol. The summed E-state index contributed by atoms with van der Waals surface area (Å²) in [5.41, 5.74) is -0.408. The molecule has 0 bridgehead atoms. The van der Waals surface area contributed by atoms with Gasteiger partial charge >= 0.3 is 6.09 Å². The Labute approximate surface area is 91.8 Å². The van der Waals surface area contributed by atoms with Crippen LogP contribution in [0.1, 0.15) is 33.6 Å². The topological polar surface area (TPSA) is 50.4 Å². The lowest BCUT2D eigenvalue weighted by molar-refractivity contribution is 0.0517. The standard InChI is InChI=1S/C11H22N2O2/c1-11(2,3)15-10(14)13-8-9-5-4-6-12-7-9/h9,12H,4-8H2,1-3H3,(H,13,14)/t9-/m0/s1. The second-order valence-corrected chi connectivity index (χ2v) is 5.10. The predicted octanol–water partition coefficient (Wildman–Crippen LogP) is 1.51. The third kappa shape index (κ3) is 5.62. The smallest absolute Gasteiger partial charge is 0.407 e. The zero-order valence-electron chi connectivity index (χ0n) is 9.93. The molecule has 0 aromatic rings. The van der Waals surface area contributed by atoms with Crippen molar-refractivity contribution in [2.75, 3.05) is 19.6 Å². The molecule has 0 spiro atoms. The van der Waals surface area contributed by atoms with Gasteiger partial charge in [-0.15, -0.1) is 0 Å². The van der Waals surface area contributed by atoms with E-state index in [-0.39, 0.29) is 6.09 Å². The van der Waals surface area contributed by atoms with Crippen molar-refractivity contribution in [2.45, 2.75) is 39.2 Å². The molecule has 0 unspecified atom stereocenters. The first-order valence-corrected chi connectivity index (χ1v) is 5.65. The number of rotatable bonds is 2. The molecule has 15 heavy (non-hydrogen) atoms. The number of ether oxygens (including phenoxy) is 1. The highest BCUT2D eigenvalue weighted by Gasteiger charge is 2.18. The summed E-state index contributed by atoms with van der Waals surface area (Å²) in [4.78, 5) is 11.3. The van der Waals surface area contributed by atoms with Crippen LogP contribution in [0.25, 0.3) is 0 Å². The van der Waals surface area contributed by atoms with Gasteiger partial charge in [0.15, 0.2) is 0 Å². The third-order valence-corrected chi connectivity index (χ3v) is 2.33. The van der Waals surface area contributed by atoms with Crippen molar-refractivity contribution in [2.24, 2.45) is 5.92 Å².